The van der Waals surface area contributed by atoms with Gasteiger partial charge in [-0.25, -0.2) is 6.07 Å². The Hall–Kier alpha value is -0.910. The largest absolute Gasteiger partial charge is 0.206 e. The minimum absolute atomic E-state index is 0.195. The Labute approximate surface area is 196 Å². The molecule has 0 aromatic heterocycles. The molecule has 0 N–H and O–H groups in total. The summed E-state index contributed by atoms with van der Waals surface area (Å²) in [5.74, 6) is 2.17. The van der Waals surface area contributed by atoms with Gasteiger partial charge in [0.15, 0.2) is 0 Å². The van der Waals surface area contributed by atoms with E-state index < -0.39 is 0 Å². The highest BCUT2D eigenvalue weighted by atomic mass is 14.4. The number of hydrogen-bond donors (Lipinski definition) is 0. The van der Waals surface area contributed by atoms with Crippen LogP contribution in [0.4, 0.5) is 0 Å². The summed E-state index contributed by atoms with van der Waals surface area (Å²) in [6.07, 6.45) is 8.43. The summed E-state index contributed by atoms with van der Waals surface area (Å²) in [7, 11) is 0. The van der Waals surface area contributed by atoms with E-state index in [1.165, 1.54) is 29.5 Å². The summed E-state index contributed by atoms with van der Waals surface area (Å²) in [6, 6.07) is 4.91. The quantitative estimate of drug-likeness (QED) is 0.300. The van der Waals surface area contributed by atoms with E-state index in [9.17, 15) is 0 Å². The minimum atomic E-state index is 0.195. The van der Waals surface area contributed by atoms with E-state index in [0.717, 1.165) is 18.3 Å². The Bertz CT molecular complexity index is 697. The molecule has 0 bridgehead atoms. The smallest absolute Gasteiger partial charge is 0.0322 e. The second-order valence-corrected chi connectivity index (χ2v) is 14.5. The van der Waals surface area contributed by atoms with Crippen molar-refractivity contribution in [3.63, 3.8) is 0 Å². The maximum absolute atomic E-state index is 2.47. The van der Waals surface area contributed by atoms with Crippen LogP contribution in [0.2, 0.25) is 0 Å². The second kappa shape index (κ2) is 9.93. The molecule has 0 spiro atoms. The molecule has 1 rings (SSSR count). The van der Waals surface area contributed by atoms with Gasteiger partial charge in [-0.3, -0.25) is 0 Å². The van der Waals surface area contributed by atoms with E-state index >= 15 is 0 Å². The van der Waals surface area contributed by atoms with Crippen molar-refractivity contribution in [3.05, 3.63) is 41.0 Å². The molecule has 0 aliphatic heterocycles. The first-order valence-electron chi connectivity index (χ1n) is 12.7. The van der Waals surface area contributed by atoms with Crippen molar-refractivity contribution in [1.82, 2.24) is 0 Å². The van der Waals surface area contributed by atoms with E-state index in [4.69, 9.17) is 0 Å². The molecule has 1 aromatic rings. The molecule has 0 aliphatic carbocycles. The van der Waals surface area contributed by atoms with Gasteiger partial charge in [-0.1, -0.05) is 116 Å². The molecule has 31 heavy (non-hydrogen) atoms. The van der Waals surface area contributed by atoms with Crippen molar-refractivity contribution in [2.45, 2.75) is 127 Å². The van der Waals surface area contributed by atoms with Crippen LogP contribution in [0.25, 0.3) is 0 Å². The molecule has 0 aliphatic rings. The number of rotatable bonds is 7. The Balaban J connectivity index is 2.92. The molecule has 180 valence electrons. The Morgan fingerprint density at radius 3 is 1.74 bits per heavy atom. The zero-order valence-electron chi connectivity index (χ0n) is 23.7. The molecule has 0 saturated heterocycles. The molecule has 1 aromatic carbocycles. The number of hydrogen-bond acceptors (Lipinski definition) is 0. The molecular weight excluding hydrogens is 372 g/mol. The van der Waals surface area contributed by atoms with Crippen LogP contribution in [-0.4, -0.2) is 0 Å². The number of allylic oxidation sites excluding steroid dienone is 2. The van der Waals surface area contributed by atoms with Gasteiger partial charge in [0.1, 0.15) is 0 Å². The van der Waals surface area contributed by atoms with Crippen LogP contribution in [0.5, 0.6) is 0 Å². The molecule has 0 fully saturated rings. The van der Waals surface area contributed by atoms with E-state index in [0.29, 0.717) is 16.7 Å². The van der Waals surface area contributed by atoms with E-state index in [-0.39, 0.29) is 10.8 Å². The third-order valence-electron chi connectivity index (χ3n) is 7.55. The lowest BCUT2D eigenvalue weighted by atomic mass is 9.65. The lowest BCUT2D eigenvalue weighted by Crippen LogP contribution is -2.31. The van der Waals surface area contributed by atoms with Gasteiger partial charge in [0, 0.05) is 0 Å². The molecule has 3 atom stereocenters. The predicted molar refractivity (Wildman–Crippen MR) is 142 cm³/mol. The van der Waals surface area contributed by atoms with Gasteiger partial charge in [-0.15, -0.1) is 0 Å². The first-order valence-corrected chi connectivity index (χ1v) is 12.7. The van der Waals surface area contributed by atoms with Gasteiger partial charge >= 0.3 is 0 Å². The van der Waals surface area contributed by atoms with Crippen LogP contribution in [0.3, 0.4) is 0 Å². The van der Waals surface area contributed by atoms with Gasteiger partial charge in [0.25, 0.3) is 0 Å². The summed E-state index contributed by atoms with van der Waals surface area (Å²) in [4.78, 5) is 0. The monoisotopic (exact) mass is 427 g/mol. The van der Waals surface area contributed by atoms with Crippen LogP contribution in [0.15, 0.2) is 24.3 Å². The van der Waals surface area contributed by atoms with E-state index in [1.807, 2.05) is 0 Å². The first kappa shape index (κ1) is 28.1. The SMILES string of the molecule is C[C@@H](C/C=C\Cc1cc(C(C)(C)C)[cH-]c1C(C)(C)C)[C@H](C[C@H](C)C(C)(C)C)C(C)(C)C. The van der Waals surface area contributed by atoms with Crippen LogP contribution in [-0.2, 0) is 17.3 Å². The van der Waals surface area contributed by atoms with Crippen molar-refractivity contribution < 1.29 is 0 Å². The lowest BCUT2D eigenvalue weighted by molar-refractivity contribution is 0.102. The standard InChI is InChI=1S/C31H55/c1-22(26(30(9,10)11)19-23(2)28(3,4)5)17-15-16-18-24-20-25(29(6,7)8)21-27(24)31(12,13)14/h15-16,20-23,26H,17-19H2,1-14H3/q-1/b16-15-/t22-,23-,26-/m0/s1. The highest BCUT2D eigenvalue weighted by Gasteiger charge is 2.33. The van der Waals surface area contributed by atoms with Gasteiger partial charge < -0.3 is 0 Å². The minimum Gasteiger partial charge on any atom is -0.206 e. The topological polar surface area (TPSA) is 0 Å². The summed E-state index contributed by atoms with van der Waals surface area (Å²) in [5, 5.41) is 0. The van der Waals surface area contributed by atoms with Crippen molar-refractivity contribution in [2.75, 3.05) is 0 Å². The zero-order valence-corrected chi connectivity index (χ0v) is 23.7. The normalized spacial score (nSPS) is 17.2. The maximum Gasteiger partial charge on any atom is -0.0322 e. The van der Waals surface area contributed by atoms with Gasteiger partial charge in [-0.2, -0.15) is 22.8 Å². The van der Waals surface area contributed by atoms with Crippen molar-refractivity contribution in [2.24, 2.45) is 28.6 Å². The van der Waals surface area contributed by atoms with Crippen molar-refractivity contribution in [3.8, 4) is 0 Å². The fourth-order valence-electron chi connectivity index (χ4n) is 4.71. The highest BCUT2D eigenvalue weighted by Crippen LogP contribution is 2.42. The lowest BCUT2D eigenvalue weighted by Gasteiger charge is -2.40. The second-order valence-electron chi connectivity index (χ2n) is 14.5. The molecule has 0 saturated carbocycles. The van der Waals surface area contributed by atoms with Crippen LogP contribution < -0.4 is 0 Å². The first-order chi connectivity index (χ1) is 13.7. The Kier molecular flexibility index (Phi) is 9.00. The van der Waals surface area contributed by atoms with Crippen molar-refractivity contribution >= 4 is 0 Å². The summed E-state index contributed by atoms with van der Waals surface area (Å²) in [5.41, 5.74) is 5.63. The van der Waals surface area contributed by atoms with Crippen LogP contribution in [0, 0.1) is 28.6 Å². The average molecular weight is 428 g/mol. The van der Waals surface area contributed by atoms with Crippen LogP contribution >= 0.6 is 0 Å². The summed E-state index contributed by atoms with van der Waals surface area (Å²) >= 11 is 0. The molecule has 0 heterocycles. The highest BCUT2D eigenvalue weighted by molar-refractivity contribution is 5.43. The van der Waals surface area contributed by atoms with Gasteiger partial charge in [0.2, 0.25) is 0 Å². The average Bonchev–Trinajstić information content (AvgIpc) is 2.98. The summed E-state index contributed by atoms with van der Waals surface area (Å²) < 4.78 is 0. The molecular formula is C31H55-. The van der Waals surface area contributed by atoms with Gasteiger partial charge in [-0.05, 0) is 52.3 Å². The molecule has 0 heteroatoms. The maximum atomic E-state index is 2.47. The van der Waals surface area contributed by atoms with E-state index in [2.05, 4.69) is 121 Å². The fourth-order valence-corrected chi connectivity index (χ4v) is 4.71. The van der Waals surface area contributed by atoms with Crippen molar-refractivity contribution in [1.29, 1.82) is 0 Å². The van der Waals surface area contributed by atoms with Gasteiger partial charge in [0.05, 0.1) is 0 Å². The Morgan fingerprint density at radius 1 is 0.774 bits per heavy atom. The Morgan fingerprint density at radius 2 is 1.32 bits per heavy atom. The predicted octanol–water partition coefficient (Wildman–Crippen LogP) is 9.86. The summed E-state index contributed by atoms with van der Waals surface area (Å²) in [6.45, 7) is 33.4. The fraction of sp³-hybridized carbons (Fsp3) is 0.774. The third-order valence-corrected chi connectivity index (χ3v) is 7.55. The molecule has 0 amide bonds. The van der Waals surface area contributed by atoms with Crippen LogP contribution in [0.1, 0.15) is 126 Å². The molecule has 0 nitrogen and oxygen atoms in total. The third kappa shape index (κ3) is 8.51. The van der Waals surface area contributed by atoms with E-state index in [1.54, 1.807) is 0 Å². The molecule has 0 unspecified atom stereocenters. The molecule has 0 radical (unpaired) electrons. The zero-order chi connectivity index (χ0) is 24.4.